The number of rotatable bonds is 0. The Labute approximate surface area is 305 Å². The molecule has 0 unspecified atom stereocenters. The van der Waals surface area contributed by atoms with Crippen molar-refractivity contribution >= 4 is 105 Å². The van der Waals surface area contributed by atoms with E-state index in [2.05, 4.69) is 42.0 Å². The van der Waals surface area contributed by atoms with Crippen molar-refractivity contribution in [3.63, 3.8) is 0 Å². The molecule has 1 heterocycles. The number of nitrogen functional groups attached to an aromatic ring is 3. The number of anilines is 3. The van der Waals surface area contributed by atoms with Gasteiger partial charge in [-0.1, -0.05) is 77.9 Å². The van der Waals surface area contributed by atoms with Crippen LogP contribution in [0.1, 0.15) is 11.1 Å². The minimum atomic E-state index is -1.48. The first-order valence-electron chi connectivity index (χ1n) is 13.1. The fourth-order valence-electron chi connectivity index (χ4n) is 3.29. The zero-order valence-electron chi connectivity index (χ0n) is 25.0. The van der Waals surface area contributed by atoms with Gasteiger partial charge in [0.2, 0.25) is 0 Å². The lowest BCUT2D eigenvalue weighted by Gasteiger charge is -2.05. The van der Waals surface area contributed by atoms with E-state index in [0.29, 0.717) is 29.7 Å². The van der Waals surface area contributed by atoms with Crippen LogP contribution in [-0.4, -0.2) is 13.1 Å². The third-order valence-corrected chi connectivity index (χ3v) is 8.18. The molecule has 0 atom stereocenters. The summed E-state index contributed by atoms with van der Waals surface area (Å²) in [6.45, 7) is 6.32. The maximum Gasteiger partial charge on any atom is 0.148 e. The molecule has 5 aromatic rings. The Hall–Kier alpha value is -3.23. The molecule has 4 nitrogen and oxygen atoms in total. The Kier molecular flexibility index (Phi) is 15.1. The summed E-state index contributed by atoms with van der Waals surface area (Å²) in [5, 5.41) is 2.17. The van der Waals surface area contributed by atoms with E-state index in [1.807, 2.05) is 22.6 Å². The Morgan fingerprint density at radius 1 is 0.681 bits per heavy atom. The highest BCUT2D eigenvalue weighted by molar-refractivity contribution is 14.1. The van der Waals surface area contributed by atoms with Gasteiger partial charge in [0, 0.05) is 35.2 Å². The maximum absolute atomic E-state index is 13.2. The quantitative estimate of drug-likeness (QED) is 0.0411. The van der Waals surface area contributed by atoms with Gasteiger partial charge in [0.05, 0.1) is 33.7 Å². The molecule has 0 fully saturated rings. The number of aromatic nitrogens is 1. The lowest BCUT2D eigenvalue weighted by molar-refractivity contribution is 0.631. The molecule has 0 saturated heterocycles. The molecule has 0 saturated carbocycles. The van der Waals surface area contributed by atoms with Crippen LogP contribution in [0.4, 0.5) is 34.6 Å². The minimum Gasteiger partial charge on any atom is -0.395 e. The van der Waals surface area contributed by atoms with Crippen molar-refractivity contribution in [1.82, 2.24) is 4.98 Å². The van der Waals surface area contributed by atoms with Crippen LogP contribution < -0.4 is 17.2 Å². The summed E-state index contributed by atoms with van der Waals surface area (Å²) < 4.78 is 52.1. The van der Waals surface area contributed by atoms with Crippen LogP contribution in [0.3, 0.4) is 0 Å². The van der Waals surface area contributed by atoms with E-state index in [1.165, 1.54) is 24.3 Å². The zero-order chi connectivity index (χ0) is 35.6. The number of benzene rings is 4. The molecule has 0 spiro atoms. The van der Waals surface area contributed by atoms with Gasteiger partial charge in [-0.05, 0) is 77.2 Å². The van der Waals surface area contributed by atoms with Gasteiger partial charge in [0.25, 0.3) is 0 Å². The van der Waals surface area contributed by atoms with E-state index < -0.39 is 25.5 Å². The van der Waals surface area contributed by atoms with Gasteiger partial charge in [0.1, 0.15) is 31.3 Å². The molecule has 0 aliphatic rings. The van der Waals surface area contributed by atoms with Crippen molar-refractivity contribution in [2.75, 3.05) is 17.2 Å². The van der Waals surface area contributed by atoms with Crippen LogP contribution in [0.15, 0.2) is 60.8 Å². The normalized spacial score (nSPS) is 10.2. The van der Waals surface area contributed by atoms with Gasteiger partial charge in [-0.3, -0.25) is 0 Å². The first-order chi connectivity index (χ1) is 21.8. The second kappa shape index (κ2) is 17.8. The van der Waals surface area contributed by atoms with E-state index in [9.17, 15) is 17.6 Å². The van der Waals surface area contributed by atoms with Crippen LogP contribution in [0.2, 0.25) is 39.7 Å². The number of fused-ring (bicyclic) bond motifs is 1. The highest BCUT2D eigenvalue weighted by Gasteiger charge is 2.10. The predicted octanol–water partition coefficient (Wildman–Crippen LogP) is 11.0. The molecule has 4 aromatic carbocycles. The molecule has 47 heavy (non-hydrogen) atoms. The molecule has 0 aliphatic carbocycles. The number of terminal acetylenes is 1. The first-order valence-corrected chi connectivity index (χ1v) is 19.2. The SMILES string of the molecule is C#Cc1cc(Cl)cc(F)c1N.C[Si](C)(C)C#Cc1cc(Cl)cc(F)c1N.Fc1cc(Cl)cc2cc[nH]c12.Nc1c(F)cc(Cl)cc1I. The summed E-state index contributed by atoms with van der Waals surface area (Å²) in [4.78, 5) is 2.78. The van der Waals surface area contributed by atoms with Gasteiger partial charge in [-0.25, -0.2) is 17.6 Å². The summed E-state index contributed by atoms with van der Waals surface area (Å²) >= 11 is 24.3. The molecule has 5 rings (SSSR count). The summed E-state index contributed by atoms with van der Waals surface area (Å²) in [5.74, 6) is 3.27. The van der Waals surface area contributed by atoms with Crippen LogP contribution >= 0.6 is 69.0 Å². The van der Waals surface area contributed by atoms with Crippen LogP contribution in [0, 0.1) is 50.6 Å². The van der Waals surface area contributed by atoms with Crippen LogP contribution in [0.5, 0.6) is 0 Å². The second-order valence-corrected chi connectivity index (χ2v) is 18.1. The smallest absolute Gasteiger partial charge is 0.148 e. The number of halogens is 9. The summed E-state index contributed by atoms with van der Waals surface area (Å²) in [6.07, 6.45) is 6.72. The zero-order valence-corrected chi connectivity index (χ0v) is 31.2. The number of aromatic amines is 1. The van der Waals surface area contributed by atoms with Crippen molar-refractivity contribution < 1.29 is 17.6 Å². The second-order valence-electron chi connectivity index (χ2n) is 10.5. The third kappa shape index (κ3) is 12.7. The largest absolute Gasteiger partial charge is 0.395 e. The lowest BCUT2D eigenvalue weighted by atomic mass is 10.2. The highest BCUT2D eigenvalue weighted by atomic mass is 127. The van der Waals surface area contributed by atoms with E-state index in [4.69, 9.17) is 70.0 Å². The number of nitrogens with two attached hydrogens (primary N) is 3. The molecule has 1 aromatic heterocycles. The van der Waals surface area contributed by atoms with E-state index in [0.717, 1.165) is 11.5 Å². The number of hydrogen-bond acceptors (Lipinski definition) is 3. The maximum atomic E-state index is 13.2. The number of hydrogen-bond donors (Lipinski definition) is 4. The Bertz CT molecular complexity index is 1970. The molecule has 0 amide bonds. The van der Waals surface area contributed by atoms with Crippen molar-refractivity contribution in [1.29, 1.82) is 0 Å². The third-order valence-electron chi connectivity index (χ3n) is 5.54. The minimum absolute atomic E-state index is 0.0306. The topological polar surface area (TPSA) is 93.8 Å². The highest BCUT2D eigenvalue weighted by Crippen LogP contribution is 2.24. The molecule has 0 radical (unpaired) electrons. The average molecular weight is 852 g/mol. The average Bonchev–Trinajstić information content (AvgIpc) is 3.44. The standard InChI is InChI=1S/C11H13ClFNSi.2C8H5ClFN.C6H4ClFIN/c1-15(2,3)5-4-8-6-9(12)7-10(13)11(8)14;9-6-3-5-1-2-11-8(5)7(10)4-6;1-2-5-3-6(9)4-7(10)8(5)11;7-3-1-4(8)6(10)5(9)2-3/h6-7H,14H2,1-3H3;1-4,11H;1,3-4H,11H2;1-2H,10H2. The van der Waals surface area contributed by atoms with Crippen molar-refractivity contribution in [3.05, 3.63) is 119 Å². The van der Waals surface area contributed by atoms with Gasteiger partial charge in [-0.2, -0.15) is 0 Å². The van der Waals surface area contributed by atoms with E-state index in [1.54, 1.807) is 30.5 Å². The van der Waals surface area contributed by atoms with E-state index in [-0.39, 0.29) is 33.5 Å². The molecule has 14 heteroatoms. The first kappa shape index (κ1) is 39.9. The van der Waals surface area contributed by atoms with E-state index >= 15 is 0 Å². The Morgan fingerprint density at radius 3 is 1.64 bits per heavy atom. The van der Waals surface area contributed by atoms with Crippen LogP contribution in [0.25, 0.3) is 10.9 Å². The van der Waals surface area contributed by atoms with Gasteiger partial charge < -0.3 is 22.2 Å². The predicted molar refractivity (Wildman–Crippen MR) is 202 cm³/mol. The summed E-state index contributed by atoms with van der Waals surface area (Å²) in [5.41, 5.74) is 20.7. The van der Waals surface area contributed by atoms with Gasteiger partial charge in [0.15, 0.2) is 0 Å². The van der Waals surface area contributed by atoms with Crippen LogP contribution in [-0.2, 0) is 0 Å². The lowest BCUT2D eigenvalue weighted by Crippen LogP contribution is -2.16. The molecule has 7 N–H and O–H groups in total. The fourth-order valence-corrected chi connectivity index (χ4v) is 5.41. The van der Waals surface area contributed by atoms with Crippen molar-refractivity contribution in [2.45, 2.75) is 19.6 Å². The fraction of sp³-hybridized carbons (Fsp3) is 0.0909. The molecular formula is C33H27Cl4F4IN4Si. The molecule has 0 bridgehead atoms. The van der Waals surface area contributed by atoms with Crippen molar-refractivity contribution in [2.24, 2.45) is 0 Å². The van der Waals surface area contributed by atoms with Crippen molar-refractivity contribution in [3.8, 4) is 23.8 Å². The Balaban J connectivity index is 0.000000220. The van der Waals surface area contributed by atoms with Gasteiger partial charge in [-0.15, -0.1) is 12.0 Å². The Morgan fingerprint density at radius 2 is 1.13 bits per heavy atom. The monoisotopic (exact) mass is 850 g/mol. The molecule has 246 valence electrons. The summed E-state index contributed by atoms with van der Waals surface area (Å²) in [7, 11) is -1.48. The molecular weight excluding hydrogens is 825 g/mol. The number of nitrogens with one attached hydrogen (secondary N) is 1. The van der Waals surface area contributed by atoms with Gasteiger partial charge >= 0.3 is 0 Å². The summed E-state index contributed by atoms with van der Waals surface area (Å²) in [6, 6.07) is 12.9. The molecule has 0 aliphatic heterocycles. The number of H-pyrrole nitrogens is 1.